The van der Waals surface area contributed by atoms with E-state index < -0.39 is 0 Å². The van der Waals surface area contributed by atoms with Crippen molar-refractivity contribution in [3.05, 3.63) is 58.3 Å². The number of H-pyrrole nitrogens is 1. The highest BCUT2D eigenvalue weighted by molar-refractivity contribution is 6.42. The van der Waals surface area contributed by atoms with Crippen molar-refractivity contribution in [2.24, 2.45) is 0 Å². The van der Waals surface area contributed by atoms with Crippen molar-refractivity contribution in [2.75, 3.05) is 5.32 Å². The van der Waals surface area contributed by atoms with Gasteiger partial charge < -0.3 is 9.73 Å². The van der Waals surface area contributed by atoms with Gasteiger partial charge in [-0.25, -0.2) is 0 Å². The Morgan fingerprint density at radius 1 is 1.13 bits per heavy atom. The number of aromatic amines is 1. The number of nitrogens with zero attached hydrogens (tertiary/aromatic N) is 1. The summed E-state index contributed by atoms with van der Waals surface area (Å²) in [6.45, 7) is 0. The van der Waals surface area contributed by atoms with E-state index in [1.54, 1.807) is 36.7 Å². The van der Waals surface area contributed by atoms with E-state index in [1.807, 2.05) is 6.07 Å². The van der Waals surface area contributed by atoms with Crippen LogP contribution >= 0.6 is 23.2 Å². The van der Waals surface area contributed by atoms with E-state index in [1.165, 1.54) is 0 Å². The normalized spacial score (nSPS) is 11.2. The number of nitrogens with one attached hydrogen (secondary N) is 2. The number of carbonyl (C=O) groups is 1. The number of rotatable bonds is 3. The third-order valence-corrected chi connectivity index (χ3v) is 4.28. The molecule has 3 heterocycles. The standard InChI is InChI=1S/C16H9Cl2N3O2/c17-10-2-1-9(5-11(10)18)21-16(22)15-13-4-3-12(23-13)14(15)8-6-19-20-7-8/h1-7H,(H,19,20)(H,21,22). The number of amides is 1. The van der Waals surface area contributed by atoms with Crippen LogP contribution in [0.1, 0.15) is 10.4 Å². The number of benzene rings is 2. The van der Waals surface area contributed by atoms with E-state index in [9.17, 15) is 4.79 Å². The second kappa shape index (κ2) is 5.30. The Kier molecular flexibility index (Phi) is 3.25. The molecule has 2 N–H and O–H groups in total. The molecular formula is C16H9Cl2N3O2. The molecule has 1 aromatic carbocycles. The van der Waals surface area contributed by atoms with Gasteiger partial charge in [0.25, 0.3) is 5.91 Å². The fourth-order valence-electron chi connectivity index (χ4n) is 2.52. The molecule has 0 saturated heterocycles. The van der Waals surface area contributed by atoms with Crippen molar-refractivity contribution in [1.29, 1.82) is 0 Å². The van der Waals surface area contributed by atoms with Gasteiger partial charge in [-0.1, -0.05) is 23.2 Å². The van der Waals surface area contributed by atoms with E-state index >= 15 is 0 Å². The molecule has 0 radical (unpaired) electrons. The topological polar surface area (TPSA) is 70.9 Å². The predicted octanol–water partition coefficient (Wildman–Crippen LogP) is 4.82. The molecule has 1 amide bonds. The fraction of sp³-hybridized carbons (Fsp3) is 0. The summed E-state index contributed by atoms with van der Waals surface area (Å²) in [5, 5.41) is 10.3. The lowest BCUT2D eigenvalue weighted by Crippen LogP contribution is -2.12. The van der Waals surface area contributed by atoms with E-state index in [4.69, 9.17) is 27.6 Å². The van der Waals surface area contributed by atoms with E-state index in [2.05, 4.69) is 15.5 Å². The second-order valence-electron chi connectivity index (χ2n) is 4.98. The molecule has 0 unspecified atom stereocenters. The number of hydrogen-bond donors (Lipinski definition) is 2. The van der Waals surface area contributed by atoms with Crippen LogP contribution in [0.4, 0.5) is 5.69 Å². The number of aromatic nitrogens is 2. The van der Waals surface area contributed by atoms with E-state index in [0.29, 0.717) is 38.0 Å². The Balaban J connectivity index is 1.73. The highest BCUT2D eigenvalue weighted by Gasteiger charge is 2.24. The van der Waals surface area contributed by atoms with Gasteiger partial charge in [-0.15, -0.1) is 0 Å². The number of fused-ring (bicyclic) bond motifs is 2. The molecule has 0 aliphatic heterocycles. The lowest BCUT2D eigenvalue weighted by atomic mass is 10.0. The van der Waals surface area contributed by atoms with E-state index in [-0.39, 0.29) is 5.91 Å². The summed E-state index contributed by atoms with van der Waals surface area (Å²) < 4.78 is 5.62. The van der Waals surface area contributed by atoms with Crippen LogP contribution < -0.4 is 5.32 Å². The monoisotopic (exact) mass is 345 g/mol. The molecule has 114 valence electrons. The SMILES string of the molecule is O=C(Nc1ccc(Cl)c(Cl)c1)c1c(-c2cn[nH]c2)c2ccc1o2. The zero-order chi connectivity index (χ0) is 16.0. The van der Waals surface area contributed by atoms with Gasteiger partial charge in [0.15, 0.2) is 0 Å². The minimum Gasteiger partial charge on any atom is -0.456 e. The minimum absolute atomic E-state index is 0.283. The molecule has 4 aromatic rings. The van der Waals surface area contributed by atoms with Gasteiger partial charge in [-0.05, 0) is 30.3 Å². The van der Waals surface area contributed by atoms with Gasteiger partial charge in [-0.2, -0.15) is 5.10 Å². The number of carbonyl (C=O) groups excluding carboxylic acids is 1. The lowest BCUT2D eigenvalue weighted by molar-refractivity contribution is 0.102. The van der Waals surface area contributed by atoms with Gasteiger partial charge in [0, 0.05) is 23.0 Å². The molecule has 4 rings (SSSR count). The predicted molar refractivity (Wildman–Crippen MR) is 89.4 cm³/mol. The third-order valence-electron chi connectivity index (χ3n) is 3.54. The molecule has 0 spiro atoms. The second-order valence-corrected chi connectivity index (χ2v) is 5.80. The number of furan rings is 2. The third kappa shape index (κ3) is 2.34. The number of anilines is 1. The molecule has 0 fully saturated rings. The van der Waals surface area contributed by atoms with Crippen LogP contribution in [0.5, 0.6) is 0 Å². The highest BCUT2D eigenvalue weighted by atomic mass is 35.5. The van der Waals surface area contributed by atoms with Gasteiger partial charge in [0.2, 0.25) is 0 Å². The van der Waals surface area contributed by atoms with Crippen LogP contribution in [0.15, 0.2) is 47.1 Å². The summed E-state index contributed by atoms with van der Waals surface area (Å²) in [4.78, 5) is 12.7. The van der Waals surface area contributed by atoms with Gasteiger partial charge >= 0.3 is 0 Å². The van der Waals surface area contributed by atoms with Crippen molar-refractivity contribution < 1.29 is 9.21 Å². The summed E-state index contributed by atoms with van der Waals surface area (Å²) in [7, 11) is 0. The smallest absolute Gasteiger partial charge is 0.260 e. The van der Waals surface area contributed by atoms with E-state index in [0.717, 1.165) is 5.56 Å². The zero-order valence-corrected chi connectivity index (χ0v) is 13.1. The molecular weight excluding hydrogens is 337 g/mol. The van der Waals surface area contributed by atoms with Crippen LogP contribution in [0.2, 0.25) is 10.0 Å². The molecule has 5 nitrogen and oxygen atoms in total. The Bertz CT molecular complexity index is 992. The average Bonchev–Trinajstić information content (AvgIpc) is 3.25. The van der Waals surface area contributed by atoms with Crippen molar-refractivity contribution in [3.8, 4) is 11.1 Å². The molecule has 7 heteroatoms. The molecule has 3 aromatic heterocycles. The maximum Gasteiger partial charge on any atom is 0.260 e. The summed E-state index contributed by atoms with van der Waals surface area (Å²) in [5.41, 5.74) is 3.69. The summed E-state index contributed by atoms with van der Waals surface area (Å²) >= 11 is 11.9. The van der Waals surface area contributed by atoms with Crippen molar-refractivity contribution >= 4 is 46.0 Å². The first kappa shape index (κ1) is 14.1. The summed E-state index contributed by atoms with van der Waals surface area (Å²) in [6, 6.07) is 8.51. The minimum atomic E-state index is -0.283. The largest absolute Gasteiger partial charge is 0.456 e. The quantitative estimate of drug-likeness (QED) is 0.559. The van der Waals surface area contributed by atoms with Crippen LogP contribution in [0.25, 0.3) is 22.3 Å². The molecule has 0 saturated carbocycles. The highest BCUT2D eigenvalue weighted by Crippen LogP contribution is 2.37. The fourth-order valence-corrected chi connectivity index (χ4v) is 2.82. The van der Waals surface area contributed by atoms with Gasteiger partial charge in [-0.3, -0.25) is 9.89 Å². The van der Waals surface area contributed by atoms with Gasteiger partial charge in [0.05, 0.1) is 21.8 Å². The lowest BCUT2D eigenvalue weighted by Gasteiger charge is -2.07. The Morgan fingerprint density at radius 3 is 2.70 bits per heavy atom. The first-order valence-electron chi connectivity index (χ1n) is 6.74. The first-order chi connectivity index (χ1) is 11.1. The van der Waals surface area contributed by atoms with Crippen molar-refractivity contribution in [1.82, 2.24) is 10.2 Å². The number of halogens is 2. The summed E-state index contributed by atoms with van der Waals surface area (Å²) in [5.74, 6) is -0.283. The average molecular weight is 346 g/mol. The zero-order valence-electron chi connectivity index (χ0n) is 11.6. The molecule has 0 aliphatic rings. The van der Waals surface area contributed by atoms with Crippen LogP contribution in [0, 0.1) is 0 Å². The number of hydrogen-bond acceptors (Lipinski definition) is 3. The van der Waals surface area contributed by atoms with Crippen LogP contribution in [0.3, 0.4) is 0 Å². The Hall–Kier alpha value is -2.50. The van der Waals surface area contributed by atoms with Crippen LogP contribution in [-0.4, -0.2) is 16.1 Å². The molecule has 0 atom stereocenters. The molecule has 23 heavy (non-hydrogen) atoms. The Morgan fingerprint density at radius 2 is 1.96 bits per heavy atom. The first-order valence-corrected chi connectivity index (χ1v) is 7.49. The maximum absolute atomic E-state index is 12.7. The molecule has 0 aliphatic carbocycles. The maximum atomic E-state index is 12.7. The van der Waals surface area contributed by atoms with Gasteiger partial charge in [0.1, 0.15) is 11.2 Å². The van der Waals surface area contributed by atoms with Crippen molar-refractivity contribution in [2.45, 2.75) is 0 Å². The molecule has 2 bridgehead atoms. The summed E-state index contributed by atoms with van der Waals surface area (Å²) in [6.07, 6.45) is 3.36. The van der Waals surface area contributed by atoms with Crippen molar-refractivity contribution in [3.63, 3.8) is 0 Å². The Labute approximate surface area is 140 Å². The van der Waals surface area contributed by atoms with Crippen LogP contribution in [-0.2, 0) is 0 Å².